The van der Waals surface area contributed by atoms with Crippen LogP contribution < -0.4 is 5.32 Å². The molecule has 0 radical (unpaired) electrons. The van der Waals surface area contributed by atoms with Gasteiger partial charge in [0.1, 0.15) is 0 Å². The van der Waals surface area contributed by atoms with Crippen LogP contribution >= 0.6 is 0 Å². The molecule has 3 N–H and O–H groups in total. The van der Waals surface area contributed by atoms with Gasteiger partial charge in [0.15, 0.2) is 0 Å². The third-order valence-electron chi connectivity index (χ3n) is 2.28. The molecule has 4 nitrogen and oxygen atoms in total. The SMILES string of the molecule is C=C/C(=C\C)CNC(=O)CC(O)CC(C)(C)O. The van der Waals surface area contributed by atoms with Crippen LogP contribution in [0.4, 0.5) is 0 Å². The zero-order valence-electron chi connectivity index (χ0n) is 10.9. The first kappa shape index (κ1) is 15.9. The molecule has 0 saturated carbocycles. The standard InChI is InChI=1S/C13H23NO3/c1-5-10(6-2)9-14-12(16)7-11(15)8-13(3,4)17/h5-6,11,15,17H,1,7-9H2,2-4H3,(H,14,16)/b10-6+. The molecule has 0 heterocycles. The molecule has 98 valence electrons. The van der Waals surface area contributed by atoms with Crippen LogP contribution in [-0.2, 0) is 4.79 Å². The summed E-state index contributed by atoms with van der Waals surface area (Å²) in [5.74, 6) is -0.233. The van der Waals surface area contributed by atoms with Crippen molar-refractivity contribution in [2.24, 2.45) is 0 Å². The van der Waals surface area contributed by atoms with Gasteiger partial charge in [-0.25, -0.2) is 0 Å². The molecule has 1 atom stereocenters. The predicted molar refractivity (Wildman–Crippen MR) is 68.5 cm³/mol. The summed E-state index contributed by atoms with van der Waals surface area (Å²) < 4.78 is 0. The van der Waals surface area contributed by atoms with Gasteiger partial charge in [-0.05, 0) is 26.3 Å². The number of aliphatic hydroxyl groups is 2. The van der Waals surface area contributed by atoms with E-state index in [4.69, 9.17) is 0 Å². The molecular weight excluding hydrogens is 218 g/mol. The molecule has 0 saturated heterocycles. The van der Waals surface area contributed by atoms with Gasteiger partial charge in [-0.2, -0.15) is 0 Å². The second kappa shape index (κ2) is 7.25. The van der Waals surface area contributed by atoms with Crippen LogP contribution in [-0.4, -0.2) is 34.4 Å². The average molecular weight is 241 g/mol. The Labute approximate surface area is 103 Å². The summed E-state index contributed by atoms with van der Waals surface area (Å²) in [5.41, 5.74) is -0.0368. The minimum Gasteiger partial charge on any atom is -0.392 e. The maximum Gasteiger partial charge on any atom is 0.222 e. The molecule has 4 heteroatoms. The number of carbonyl (C=O) groups excluding carboxylic acids is 1. The summed E-state index contributed by atoms with van der Waals surface area (Å²) in [6.07, 6.45) is 2.89. The van der Waals surface area contributed by atoms with Gasteiger partial charge in [0.2, 0.25) is 5.91 Å². The second-order valence-electron chi connectivity index (χ2n) is 4.72. The van der Waals surface area contributed by atoms with Crippen molar-refractivity contribution in [3.05, 3.63) is 24.3 Å². The van der Waals surface area contributed by atoms with E-state index in [2.05, 4.69) is 11.9 Å². The first-order chi connectivity index (χ1) is 7.78. The van der Waals surface area contributed by atoms with Crippen molar-refractivity contribution in [2.45, 2.75) is 45.3 Å². The quantitative estimate of drug-likeness (QED) is 0.586. The highest BCUT2D eigenvalue weighted by Crippen LogP contribution is 2.12. The number of nitrogens with one attached hydrogen (secondary N) is 1. The molecular formula is C13H23NO3. The minimum absolute atomic E-state index is 0.00186. The zero-order valence-corrected chi connectivity index (χ0v) is 10.9. The lowest BCUT2D eigenvalue weighted by Crippen LogP contribution is -2.32. The molecule has 0 aromatic heterocycles. The third-order valence-corrected chi connectivity index (χ3v) is 2.28. The Morgan fingerprint density at radius 2 is 2.12 bits per heavy atom. The van der Waals surface area contributed by atoms with Crippen LogP contribution in [0.1, 0.15) is 33.6 Å². The molecule has 1 amide bonds. The summed E-state index contributed by atoms with van der Waals surface area (Å²) in [4.78, 5) is 11.5. The lowest BCUT2D eigenvalue weighted by Gasteiger charge is -2.20. The summed E-state index contributed by atoms with van der Waals surface area (Å²) in [5, 5.41) is 21.7. The van der Waals surface area contributed by atoms with Crippen molar-refractivity contribution < 1.29 is 15.0 Å². The summed E-state index contributed by atoms with van der Waals surface area (Å²) in [7, 11) is 0. The van der Waals surface area contributed by atoms with Gasteiger partial charge in [-0.15, -0.1) is 0 Å². The van der Waals surface area contributed by atoms with Crippen LogP contribution in [0.3, 0.4) is 0 Å². The second-order valence-corrected chi connectivity index (χ2v) is 4.72. The molecule has 0 aliphatic rings. The van der Waals surface area contributed by atoms with Crippen LogP contribution in [0.15, 0.2) is 24.3 Å². The smallest absolute Gasteiger partial charge is 0.222 e. The van der Waals surface area contributed by atoms with Crippen LogP contribution in [0.25, 0.3) is 0 Å². The zero-order chi connectivity index (χ0) is 13.5. The fourth-order valence-corrected chi connectivity index (χ4v) is 1.43. The van der Waals surface area contributed by atoms with E-state index in [1.807, 2.05) is 13.0 Å². The Morgan fingerprint density at radius 3 is 2.53 bits per heavy atom. The lowest BCUT2D eigenvalue weighted by atomic mass is 9.99. The first-order valence-electron chi connectivity index (χ1n) is 5.73. The fraction of sp³-hybridized carbons (Fsp3) is 0.615. The molecule has 0 spiro atoms. The number of aliphatic hydroxyl groups excluding tert-OH is 1. The highest BCUT2D eigenvalue weighted by molar-refractivity contribution is 5.76. The summed E-state index contributed by atoms with van der Waals surface area (Å²) in [6.45, 7) is 9.10. The van der Waals surface area contributed by atoms with Crippen LogP contribution in [0, 0.1) is 0 Å². The lowest BCUT2D eigenvalue weighted by molar-refractivity contribution is -0.123. The monoisotopic (exact) mass is 241 g/mol. The fourth-order valence-electron chi connectivity index (χ4n) is 1.43. The Kier molecular flexibility index (Phi) is 6.76. The third kappa shape index (κ3) is 8.65. The number of hydrogen-bond acceptors (Lipinski definition) is 3. The van der Waals surface area contributed by atoms with Gasteiger partial charge in [0.25, 0.3) is 0 Å². The van der Waals surface area contributed by atoms with Crippen LogP contribution in [0.2, 0.25) is 0 Å². The number of carbonyl (C=O) groups is 1. The topological polar surface area (TPSA) is 69.6 Å². The number of amides is 1. The van der Waals surface area contributed by atoms with E-state index in [1.54, 1.807) is 19.9 Å². The van der Waals surface area contributed by atoms with Crippen molar-refractivity contribution in [2.75, 3.05) is 6.54 Å². The normalized spacial score (nSPS) is 14.3. The highest BCUT2D eigenvalue weighted by atomic mass is 16.3. The van der Waals surface area contributed by atoms with E-state index in [9.17, 15) is 15.0 Å². The van der Waals surface area contributed by atoms with E-state index in [0.717, 1.165) is 5.57 Å². The van der Waals surface area contributed by atoms with Crippen molar-refractivity contribution >= 4 is 5.91 Å². The maximum atomic E-state index is 11.5. The Balaban J connectivity index is 3.98. The van der Waals surface area contributed by atoms with Crippen molar-refractivity contribution in [1.82, 2.24) is 5.32 Å². The van der Waals surface area contributed by atoms with E-state index >= 15 is 0 Å². The van der Waals surface area contributed by atoms with Gasteiger partial charge in [0.05, 0.1) is 18.1 Å². The first-order valence-corrected chi connectivity index (χ1v) is 5.73. The maximum absolute atomic E-state index is 11.5. The van der Waals surface area contributed by atoms with Gasteiger partial charge >= 0.3 is 0 Å². The molecule has 0 aliphatic heterocycles. The molecule has 0 aliphatic carbocycles. The molecule has 0 aromatic carbocycles. The largest absolute Gasteiger partial charge is 0.392 e. The average Bonchev–Trinajstić information content (AvgIpc) is 2.16. The van der Waals surface area contributed by atoms with E-state index < -0.39 is 11.7 Å². The molecule has 1 unspecified atom stereocenters. The molecule has 0 fully saturated rings. The Bertz CT molecular complexity index is 290. The molecule has 0 bridgehead atoms. The van der Waals surface area contributed by atoms with Gasteiger partial charge in [0, 0.05) is 13.0 Å². The van der Waals surface area contributed by atoms with E-state index in [0.29, 0.717) is 6.54 Å². The molecule has 0 rings (SSSR count). The summed E-state index contributed by atoms with van der Waals surface area (Å²) >= 11 is 0. The van der Waals surface area contributed by atoms with Gasteiger partial charge < -0.3 is 15.5 Å². The van der Waals surface area contributed by atoms with E-state index in [-0.39, 0.29) is 18.7 Å². The van der Waals surface area contributed by atoms with Crippen LogP contribution in [0.5, 0.6) is 0 Å². The minimum atomic E-state index is -0.963. The van der Waals surface area contributed by atoms with Gasteiger partial charge in [-0.3, -0.25) is 4.79 Å². The summed E-state index contributed by atoms with van der Waals surface area (Å²) in [6, 6.07) is 0. The number of rotatable bonds is 7. The van der Waals surface area contributed by atoms with Crippen molar-refractivity contribution in [3.63, 3.8) is 0 Å². The Hall–Kier alpha value is -1.13. The molecule has 17 heavy (non-hydrogen) atoms. The number of allylic oxidation sites excluding steroid dienone is 1. The predicted octanol–water partition coefficient (Wildman–Crippen LogP) is 1.15. The van der Waals surface area contributed by atoms with E-state index in [1.165, 1.54) is 0 Å². The van der Waals surface area contributed by atoms with Gasteiger partial charge in [-0.1, -0.05) is 18.7 Å². The highest BCUT2D eigenvalue weighted by Gasteiger charge is 2.20. The van der Waals surface area contributed by atoms with Crippen molar-refractivity contribution in [3.8, 4) is 0 Å². The molecule has 0 aromatic rings. The Morgan fingerprint density at radius 1 is 1.53 bits per heavy atom. The van der Waals surface area contributed by atoms with Crippen molar-refractivity contribution in [1.29, 1.82) is 0 Å². The number of hydrogen-bond donors (Lipinski definition) is 3.